The molecule has 2 N–H and O–H groups in total. The van der Waals surface area contributed by atoms with E-state index in [2.05, 4.69) is 37.4 Å². The molecule has 10 nitrogen and oxygen atoms in total. The molecule has 1 aliphatic heterocycles. The number of pyridine rings is 1. The first-order valence-electron chi connectivity index (χ1n) is 11.3. The van der Waals surface area contributed by atoms with Crippen molar-refractivity contribution in [2.75, 3.05) is 23.7 Å². The van der Waals surface area contributed by atoms with Gasteiger partial charge in [0.2, 0.25) is 5.91 Å². The summed E-state index contributed by atoms with van der Waals surface area (Å²) in [5.74, 6) is 1.73. The fraction of sp³-hybridized carbons (Fsp3) is 0.250. The van der Waals surface area contributed by atoms with E-state index in [1.54, 1.807) is 17.0 Å². The number of carbonyl (C=O) groups excluding carboxylic acids is 1. The van der Waals surface area contributed by atoms with Gasteiger partial charge in [0, 0.05) is 24.8 Å². The van der Waals surface area contributed by atoms with E-state index in [0.717, 1.165) is 22.1 Å². The molecule has 0 aliphatic carbocycles. The highest BCUT2D eigenvalue weighted by Gasteiger charge is 2.25. The fourth-order valence-corrected chi connectivity index (χ4v) is 4.75. The summed E-state index contributed by atoms with van der Waals surface area (Å²) >= 11 is 7.94. The molecular formula is C24H23ClN8O2S. The van der Waals surface area contributed by atoms with Crippen LogP contribution in [0.1, 0.15) is 16.4 Å². The normalized spacial score (nSPS) is 15.2. The van der Waals surface area contributed by atoms with Gasteiger partial charge in [-0.1, -0.05) is 29.5 Å². The predicted molar refractivity (Wildman–Crippen MR) is 140 cm³/mol. The maximum atomic E-state index is 11.9. The molecule has 1 fully saturated rings. The highest BCUT2D eigenvalue weighted by atomic mass is 35.5. The van der Waals surface area contributed by atoms with Gasteiger partial charge < -0.3 is 20.3 Å². The quantitative estimate of drug-likeness (QED) is 0.325. The van der Waals surface area contributed by atoms with E-state index >= 15 is 0 Å². The largest absolute Gasteiger partial charge is 0.485 e. The van der Waals surface area contributed by atoms with Crippen molar-refractivity contribution < 1.29 is 9.53 Å². The molecule has 0 saturated carbocycles. The molecule has 1 aromatic carbocycles. The molecule has 4 heterocycles. The van der Waals surface area contributed by atoms with Gasteiger partial charge in [-0.15, -0.1) is 10.2 Å². The number of aryl methyl sites for hydroxylation is 1. The van der Waals surface area contributed by atoms with Gasteiger partial charge in [-0.05, 0) is 49.8 Å². The van der Waals surface area contributed by atoms with E-state index in [1.807, 2.05) is 25.1 Å². The molecule has 1 amide bonds. The number of aromatic nitrogens is 5. The van der Waals surface area contributed by atoms with Crippen LogP contribution in [0.3, 0.4) is 0 Å². The first kappa shape index (κ1) is 23.9. The lowest BCUT2D eigenvalue weighted by atomic mass is 10.2. The van der Waals surface area contributed by atoms with Gasteiger partial charge in [-0.3, -0.25) is 4.79 Å². The van der Waals surface area contributed by atoms with Crippen LogP contribution in [-0.2, 0) is 11.4 Å². The number of hydrogen-bond donors (Lipinski definition) is 2. The first-order valence-corrected chi connectivity index (χ1v) is 12.5. The Morgan fingerprint density at radius 1 is 1.31 bits per heavy atom. The maximum Gasteiger partial charge on any atom is 0.246 e. The zero-order chi connectivity index (χ0) is 25.1. The van der Waals surface area contributed by atoms with Crippen LogP contribution in [0.4, 0.5) is 17.3 Å². The summed E-state index contributed by atoms with van der Waals surface area (Å²) in [5.41, 5.74) is 2.04. The summed E-state index contributed by atoms with van der Waals surface area (Å²) in [5, 5.41) is 16.9. The minimum Gasteiger partial charge on any atom is -0.485 e. The van der Waals surface area contributed by atoms with Gasteiger partial charge in [-0.25, -0.2) is 15.0 Å². The third kappa shape index (κ3) is 5.37. The molecule has 36 heavy (non-hydrogen) atoms. The van der Waals surface area contributed by atoms with Crippen molar-refractivity contribution in [1.82, 2.24) is 30.0 Å². The number of nitrogens with zero attached hydrogens (tertiary/aromatic N) is 6. The number of rotatable bonds is 8. The van der Waals surface area contributed by atoms with E-state index in [-0.39, 0.29) is 11.9 Å². The van der Waals surface area contributed by atoms with Crippen LogP contribution < -0.4 is 15.4 Å². The summed E-state index contributed by atoms with van der Waals surface area (Å²) in [6.07, 6.45) is 3.66. The first-order chi connectivity index (χ1) is 17.5. The van der Waals surface area contributed by atoms with Gasteiger partial charge in [0.25, 0.3) is 0 Å². The zero-order valence-corrected chi connectivity index (χ0v) is 21.0. The molecule has 5 rings (SSSR count). The minimum absolute atomic E-state index is 0.0592. The number of amides is 1. The van der Waals surface area contributed by atoms with E-state index in [1.165, 1.54) is 23.7 Å². The molecular weight excluding hydrogens is 500 g/mol. The van der Waals surface area contributed by atoms with Crippen molar-refractivity contribution in [3.05, 3.63) is 64.4 Å². The third-order valence-corrected chi connectivity index (χ3v) is 6.73. The Labute approximate surface area is 216 Å². The van der Waals surface area contributed by atoms with Crippen molar-refractivity contribution in [2.45, 2.75) is 26.0 Å². The van der Waals surface area contributed by atoms with Crippen LogP contribution in [-0.4, -0.2) is 55.1 Å². The van der Waals surface area contributed by atoms with Crippen molar-refractivity contribution >= 4 is 57.2 Å². The molecule has 0 bridgehead atoms. The minimum atomic E-state index is -0.0592. The number of benzene rings is 1. The second-order valence-corrected chi connectivity index (χ2v) is 9.85. The number of carbonyl (C=O) groups is 1. The van der Waals surface area contributed by atoms with E-state index < -0.39 is 0 Å². The van der Waals surface area contributed by atoms with Crippen molar-refractivity contribution in [1.29, 1.82) is 0 Å². The summed E-state index contributed by atoms with van der Waals surface area (Å²) in [7, 11) is 0. The monoisotopic (exact) mass is 522 g/mol. The second kappa shape index (κ2) is 10.4. The number of likely N-dealkylation sites (tertiary alicyclic amines) is 1. The van der Waals surface area contributed by atoms with Crippen LogP contribution in [0.15, 0.2) is 49.3 Å². The highest BCUT2D eigenvalue weighted by molar-refractivity contribution is 7.11. The number of ether oxygens (including phenoxy) is 1. The Morgan fingerprint density at radius 3 is 2.97 bits per heavy atom. The van der Waals surface area contributed by atoms with E-state index in [4.69, 9.17) is 21.3 Å². The van der Waals surface area contributed by atoms with Crippen molar-refractivity contribution in [2.24, 2.45) is 0 Å². The fourth-order valence-electron chi connectivity index (χ4n) is 3.90. The van der Waals surface area contributed by atoms with Crippen LogP contribution in [0.2, 0.25) is 5.02 Å². The van der Waals surface area contributed by atoms with Crippen molar-refractivity contribution in [3.63, 3.8) is 0 Å². The SMILES string of the molecule is C=CC(=O)N1CCC(Nc2ccc3ncnc(Nc4ccc(OCc5nnc(C)s5)c(Cl)c4)c3n2)C1. The van der Waals surface area contributed by atoms with Gasteiger partial charge in [0.1, 0.15) is 35.0 Å². The number of halogens is 1. The average Bonchev–Trinajstić information content (AvgIpc) is 3.52. The molecule has 1 unspecified atom stereocenters. The van der Waals surface area contributed by atoms with Gasteiger partial charge in [0.15, 0.2) is 10.8 Å². The molecule has 1 atom stereocenters. The summed E-state index contributed by atoms with van der Waals surface area (Å²) < 4.78 is 5.79. The molecule has 4 aromatic rings. The highest BCUT2D eigenvalue weighted by Crippen LogP contribution is 2.31. The molecule has 0 spiro atoms. The van der Waals surface area contributed by atoms with E-state index in [0.29, 0.717) is 53.1 Å². The van der Waals surface area contributed by atoms with Crippen LogP contribution in [0.5, 0.6) is 5.75 Å². The Kier molecular flexibility index (Phi) is 6.92. The predicted octanol–water partition coefficient (Wildman–Crippen LogP) is 4.36. The molecule has 1 aliphatic rings. The Bertz CT molecular complexity index is 1430. The number of nitrogens with one attached hydrogen (secondary N) is 2. The number of fused-ring (bicyclic) bond motifs is 1. The van der Waals surface area contributed by atoms with Gasteiger partial charge in [0.05, 0.1) is 10.5 Å². The van der Waals surface area contributed by atoms with Gasteiger partial charge >= 0.3 is 0 Å². The Morgan fingerprint density at radius 2 is 2.19 bits per heavy atom. The Hall–Kier alpha value is -3.83. The summed E-state index contributed by atoms with van der Waals surface area (Å²) in [6.45, 7) is 7.05. The molecule has 0 radical (unpaired) electrons. The molecule has 3 aromatic heterocycles. The lowest BCUT2D eigenvalue weighted by Gasteiger charge is -2.16. The maximum absolute atomic E-state index is 11.9. The van der Waals surface area contributed by atoms with Crippen LogP contribution in [0, 0.1) is 6.92 Å². The smallest absolute Gasteiger partial charge is 0.246 e. The molecule has 1 saturated heterocycles. The summed E-state index contributed by atoms with van der Waals surface area (Å²) in [4.78, 5) is 27.1. The third-order valence-electron chi connectivity index (χ3n) is 5.62. The van der Waals surface area contributed by atoms with Crippen LogP contribution >= 0.6 is 22.9 Å². The van der Waals surface area contributed by atoms with Gasteiger partial charge in [-0.2, -0.15) is 0 Å². The molecule has 12 heteroatoms. The standard InChI is InChI=1S/C24H23ClN8O2S/c1-3-22(34)33-9-8-16(11-33)28-20-7-5-18-23(30-20)24(27-13-26-18)29-15-4-6-19(17(25)10-15)35-12-21-32-31-14(2)36-21/h3-7,10,13,16H,1,8-9,11-12H2,2H3,(H,28,30)(H,26,27,29). The Balaban J connectivity index is 1.30. The molecule has 184 valence electrons. The van der Waals surface area contributed by atoms with Crippen LogP contribution in [0.25, 0.3) is 11.0 Å². The van der Waals surface area contributed by atoms with Crippen molar-refractivity contribution in [3.8, 4) is 5.75 Å². The topological polar surface area (TPSA) is 118 Å². The number of anilines is 3. The lowest BCUT2D eigenvalue weighted by Crippen LogP contribution is -2.30. The number of hydrogen-bond acceptors (Lipinski definition) is 10. The average molecular weight is 523 g/mol. The summed E-state index contributed by atoms with van der Waals surface area (Å²) in [6, 6.07) is 9.28. The van der Waals surface area contributed by atoms with E-state index in [9.17, 15) is 4.79 Å². The zero-order valence-electron chi connectivity index (χ0n) is 19.4. The second-order valence-electron chi connectivity index (χ2n) is 8.18. The lowest BCUT2D eigenvalue weighted by molar-refractivity contribution is -0.125.